The summed E-state index contributed by atoms with van der Waals surface area (Å²) in [6, 6.07) is 0.639. The molecule has 1 saturated heterocycles. The molecule has 194 valence electrons. The van der Waals surface area contributed by atoms with Gasteiger partial charge in [-0.1, -0.05) is 0 Å². The van der Waals surface area contributed by atoms with E-state index in [1.165, 1.54) is 16.6 Å². The molecule has 2 aliphatic rings. The Kier molecular flexibility index (Phi) is 6.31. The molecule has 4 rings (SSSR count). The van der Waals surface area contributed by atoms with E-state index in [-0.39, 0.29) is 48.0 Å². The standard InChI is InChI=1S/C21H23F7N4O3/c1-35-17-15-12(18(33)30-19(34)32(15)11-2-3-11)5-13(22)16(17)31-7-9(10(6-29)8-31)4-14(20(23,24)25)21(26,27)28/h5,9-11,14H,2-4,6-8,29H2,1H3,(H,30,33,34). The predicted molar refractivity (Wildman–Crippen MR) is 112 cm³/mol. The van der Waals surface area contributed by atoms with Gasteiger partial charge in [0.1, 0.15) is 11.2 Å². The van der Waals surface area contributed by atoms with Crippen LogP contribution in [0.1, 0.15) is 25.3 Å². The first-order valence-electron chi connectivity index (χ1n) is 10.9. The van der Waals surface area contributed by atoms with Gasteiger partial charge in [-0.25, -0.2) is 9.18 Å². The van der Waals surface area contributed by atoms with Gasteiger partial charge in [-0.3, -0.25) is 14.3 Å². The van der Waals surface area contributed by atoms with Crippen LogP contribution in [0, 0.1) is 23.6 Å². The number of benzene rings is 1. The number of ether oxygens (including phenoxy) is 1. The van der Waals surface area contributed by atoms with Crippen LogP contribution >= 0.6 is 0 Å². The quantitative estimate of drug-likeness (QED) is 0.580. The van der Waals surface area contributed by atoms with E-state index in [0.717, 1.165) is 6.07 Å². The van der Waals surface area contributed by atoms with Gasteiger partial charge in [-0.2, -0.15) is 26.3 Å². The summed E-state index contributed by atoms with van der Waals surface area (Å²) < 4.78 is 101. The zero-order valence-corrected chi connectivity index (χ0v) is 18.5. The van der Waals surface area contributed by atoms with Crippen LogP contribution < -0.4 is 26.6 Å². The first kappa shape index (κ1) is 25.3. The first-order chi connectivity index (χ1) is 16.3. The number of aromatic nitrogens is 2. The molecule has 0 bridgehead atoms. The molecule has 0 spiro atoms. The minimum absolute atomic E-state index is 0.0244. The Hall–Kier alpha value is -2.77. The van der Waals surface area contributed by atoms with E-state index in [9.17, 15) is 35.9 Å². The fraction of sp³-hybridized carbons (Fsp3) is 0.619. The number of fused-ring (bicyclic) bond motifs is 1. The summed E-state index contributed by atoms with van der Waals surface area (Å²) in [5, 5.41) is -0.157. The third kappa shape index (κ3) is 4.59. The van der Waals surface area contributed by atoms with Gasteiger partial charge in [-0.05, 0) is 43.7 Å². The highest BCUT2D eigenvalue weighted by molar-refractivity contribution is 5.91. The van der Waals surface area contributed by atoms with Crippen molar-refractivity contribution in [2.75, 3.05) is 31.6 Å². The maximum atomic E-state index is 15.3. The second-order valence-corrected chi connectivity index (χ2v) is 9.03. The van der Waals surface area contributed by atoms with E-state index in [1.54, 1.807) is 0 Å². The molecule has 0 amide bonds. The molecule has 2 fully saturated rings. The highest BCUT2D eigenvalue weighted by Gasteiger charge is 2.57. The van der Waals surface area contributed by atoms with Crippen LogP contribution in [0.4, 0.5) is 36.4 Å². The molecular formula is C21H23F7N4O3. The maximum Gasteiger partial charge on any atom is 0.400 e. The number of halogens is 7. The van der Waals surface area contributed by atoms with Gasteiger partial charge < -0.3 is 15.4 Å². The highest BCUT2D eigenvalue weighted by atomic mass is 19.4. The molecule has 2 atom stereocenters. The number of nitrogens with zero attached hydrogens (tertiary/aromatic N) is 2. The summed E-state index contributed by atoms with van der Waals surface area (Å²) in [6.45, 7) is -0.688. The fourth-order valence-corrected chi connectivity index (χ4v) is 4.92. The molecular weight excluding hydrogens is 489 g/mol. The van der Waals surface area contributed by atoms with Crippen molar-refractivity contribution in [3.63, 3.8) is 0 Å². The number of H-pyrrole nitrogens is 1. The smallest absolute Gasteiger partial charge is 0.400 e. The first-order valence-corrected chi connectivity index (χ1v) is 10.9. The molecule has 14 heteroatoms. The van der Waals surface area contributed by atoms with Crippen LogP contribution in [-0.4, -0.2) is 48.6 Å². The fourth-order valence-electron chi connectivity index (χ4n) is 4.92. The van der Waals surface area contributed by atoms with Crippen LogP contribution in [0.15, 0.2) is 15.7 Å². The number of aromatic amines is 1. The summed E-state index contributed by atoms with van der Waals surface area (Å²) in [6.07, 6.45) is -11.0. The molecule has 3 N–H and O–H groups in total. The number of rotatable bonds is 6. The van der Waals surface area contributed by atoms with E-state index >= 15 is 4.39 Å². The molecule has 1 aliphatic carbocycles. The van der Waals surface area contributed by atoms with Crippen LogP contribution in [0.25, 0.3) is 10.9 Å². The van der Waals surface area contributed by atoms with Crippen molar-refractivity contribution >= 4 is 16.6 Å². The Balaban J connectivity index is 1.80. The lowest BCUT2D eigenvalue weighted by atomic mass is 9.86. The molecule has 2 heterocycles. The Morgan fingerprint density at radius 2 is 1.71 bits per heavy atom. The van der Waals surface area contributed by atoms with Gasteiger partial charge in [0.15, 0.2) is 17.5 Å². The van der Waals surface area contributed by atoms with E-state index in [0.29, 0.717) is 12.8 Å². The Bertz CT molecular complexity index is 1220. The monoisotopic (exact) mass is 512 g/mol. The number of nitrogens with two attached hydrogens (primary N) is 1. The molecule has 0 radical (unpaired) electrons. The van der Waals surface area contributed by atoms with E-state index in [4.69, 9.17) is 10.5 Å². The van der Waals surface area contributed by atoms with Crippen LogP contribution in [0.5, 0.6) is 5.75 Å². The molecule has 1 saturated carbocycles. The van der Waals surface area contributed by atoms with Crippen molar-refractivity contribution in [1.29, 1.82) is 0 Å². The molecule has 7 nitrogen and oxygen atoms in total. The van der Waals surface area contributed by atoms with Crippen LogP contribution in [-0.2, 0) is 0 Å². The zero-order valence-electron chi connectivity index (χ0n) is 18.5. The van der Waals surface area contributed by atoms with Crippen molar-refractivity contribution < 1.29 is 35.5 Å². The minimum atomic E-state index is -5.50. The van der Waals surface area contributed by atoms with Gasteiger partial charge in [0, 0.05) is 19.1 Å². The van der Waals surface area contributed by atoms with Crippen molar-refractivity contribution in [3.05, 3.63) is 32.7 Å². The summed E-state index contributed by atoms with van der Waals surface area (Å²) in [7, 11) is 1.18. The lowest BCUT2D eigenvalue weighted by molar-refractivity contribution is -0.288. The summed E-state index contributed by atoms with van der Waals surface area (Å²) in [4.78, 5) is 28.3. The molecule has 1 aromatic heterocycles. The van der Waals surface area contributed by atoms with Crippen molar-refractivity contribution in [3.8, 4) is 5.75 Å². The SMILES string of the molecule is COc1c(N2CC(CN)C(CC(C(F)(F)F)C(F)(F)F)C2)c(F)cc2c(=O)[nH]c(=O)n(C3CC3)c12. The third-order valence-corrected chi connectivity index (χ3v) is 6.75. The summed E-state index contributed by atoms with van der Waals surface area (Å²) in [5.74, 6) is -6.62. The third-order valence-electron chi connectivity index (χ3n) is 6.75. The van der Waals surface area contributed by atoms with Gasteiger partial charge >= 0.3 is 18.0 Å². The number of anilines is 1. The Morgan fingerprint density at radius 1 is 1.11 bits per heavy atom. The minimum Gasteiger partial charge on any atom is -0.492 e. The average molecular weight is 512 g/mol. The number of hydrogen-bond donors (Lipinski definition) is 2. The maximum absolute atomic E-state index is 15.3. The average Bonchev–Trinajstić information content (AvgIpc) is 3.49. The topological polar surface area (TPSA) is 93.3 Å². The lowest BCUT2D eigenvalue weighted by Gasteiger charge is -2.27. The Morgan fingerprint density at radius 3 is 2.23 bits per heavy atom. The number of alkyl halides is 6. The molecule has 2 unspecified atom stereocenters. The largest absolute Gasteiger partial charge is 0.492 e. The van der Waals surface area contributed by atoms with Gasteiger partial charge in [0.2, 0.25) is 0 Å². The van der Waals surface area contributed by atoms with Crippen molar-refractivity contribution in [1.82, 2.24) is 9.55 Å². The van der Waals surface area contributed by atoms with Gasteiger partial charge in [0.25, 0.3) is 5.56 Å². The molecule has 2 aromatic rings. The normalized spacial score (nSPS) is 21.4. The predicted octanol–water partition coefficient (Wildman–Crippen LogP) is 3.31. The molecule has 1 aromatic carbocycles. The Labute approximate surface area is 193 Å². The van der Waals surface area contributed by atoms with Gasteiger partial charge in [0.05, 0.1) is 12.5 Å². The molecule has 1 aliphatic heterocycles. The van der Waals surface area contributed by atoms with Crippen LogP contribution in [0.3, 0.4) is 0 Å². The number of nitrogens with one attached hydrogen (secondary N) is 1. The van der Waals surface area contributed by atoms with Gasteiger partial charge in [-0.15, -0.1) is 0 Å². The molecule has 35 heavy (non-hydrogen) atoms. The second-order valence-electron chi connectivity index (χ2n) is 9.03. The zero-order chi connectivity index (χ0) is 25.9. The van der Waals surface area contributed by atoms with Crippen molar-refractivity contribution in [2.45, 2.75) is 37.7 Å². The lowest BCUT2D eigenvalue weighted by Crippen LogP contribution is -2.39. The van der Waals surface area contributed by atoms with E-state index < -0.39 is 53.6 Å². The number of methoxy groups -OCH3 is 1. The van der Waals surface area contributed by atoms with Crippen molar-refractivity contribution in [2.24, 2.45) is 23.5 Å². The number of hydrogen-bond acceptors (Lipinski definition) is 5. The summed E-state index contributed by atoms with van der Waals surface area (Å²) >= 11 is 0. The van der Waals surface area contributed by atoms with E-state index in [2.05, 4.69) is 4.98 Å². The van der Waals surface area contributed by atoms with Crippen LogP contribution in [0.2, 0.25) is 0 Å². The highest BCUT2D eigenvalue weighted by Crippen LogP contribution is 2.48. The van der Waals surface area contributed by atoms with E-state index in [1.807, 2.05) is 0 Å². The summed E-state index contributed by atoms with van der Waals surface area (Å²) in [5.41, 5.74) is 3.88. The second kappa shape index (κ2) is 8.71.